The first-order valence-corrected chi connectivity index (χ1v) is 9.05. The molecule has 4 nitrogen and oxygen atoms in total. The second-order valence-electron chi connectivity index (χ2n) is 6.41. The van der Waals surface area contributed by atoms with Crippen molar-refractivity contribution in [3.63, 3.8) is 0 Å². The zero-order valence-corrected chi connectivity index (χ0v) is 15.6. The molecule has 3 atom stereocenters. The number of hydrogen-bond donors (Lipinski definition) is 0. The first kappa shape index (κ1) is 19.7. The Morgan fingerprint density at radius 2 is 1.15 bits per heavy atom. The summed E-state index contributed by atoms with van der Waals surface area (Å²) in [6.45, 7) is 5.77. The quantitative estimate of drug-likeness (QED) is 0.633. The molecular weight excluding hydrogens is 328 g/mol. The van der Waals surface area contributed by atoms with E-state index in [1.54, 1.807) is 48.5 Å². The highest BCUT2D eigenvalue weighted by Crippen LogP contribution is 2.23. The molecule has 0 heterocycles. The van der Waals surface area contributed by atoms with Gasteiger partial charge in [-0.25, -0.2) is 9.59 Å². The second-order valence-corrected chi connectivity index (χ2v) is 6.41. The van der Waals surface area contributed by atoms with Crippen LogP contribution in [0.15, 0.2) is 60.7 Å². The summed E-state index contributed by atoms with van der Waals surface area (Å²) in [6.07, 6.45) is 0.986. The van der Waals surface area contributed by atoms with Crippen LogP contribution in [0.5, 0.6) is 0 Å². The van der Waals surface area contributed by atoms with Crippen molar-refractivity contribution in [3.8, 4) is 0 Å². The van der Waals surface area contributed by atoms with Gasteiger partial charge in [0.05, 0.1) is 11.1 Å². The van der Waals surface area contributed by atoms with E-state index in [1.807, 2.05) is 26.0 Å². The van der Waals surface area contributed by atoms with Gasteiger partial charge in [-0.3, -0.25) is 0 Å². The molecule has 0 saturated heterocycles. The molecular formula is C22H26O4. The number of ether oxygens (including phenoxy) is 2. The highest BCUT2D eigenvalue weighted by Gasteiger charge is 2.29. The van der Waals surface area contributed by atoms with Crippen LogP contribution in [0, 0.1) is 5.92 Å². The smallest absolute Gasteiger partial charge is 0.338 e. The molecule has 4 heteroatoms. The van der Waals surface area contributed by atoms with Crippen LogP contribution in [0.1, 0.15) is 54.3 Å². The Balaban J connectivity index is 2.01. The van der Waals surface area contributed by atoms with Crippen LogP contribution in [0.4, 0.5) is 0 Å². The molecule has 0 bridgehead atoms. The molecule has 0 saturated carbocycles. The Bertz CT molecular complexity index is 637. The minimum absolute atomic E-state index is 0.0691. The zero-order valence-electron chi connectivity index (χ0n) is 15.6. The third-order valence-electron chi connectivity index (χ3n) is 4.43. The maximum atomic E-state index is 12.3. The summed E-state index contributed by atoms with van der Waals surface area (Å²) in [6, 6.07) is 17.8. The van der Waals surface area contributed by atoms with Crippen molar-refractivity contribution in [2.45, 2.75) is 45.8 Å². The SMILES string of the molecule is CCCC([C@H](C)OC(=O)c1ccccc1)[C@@H](C)OC(=O)c1ccccc1. The maximum absolute atomic E-state index is 12.3. The number of carbonyl (C=O) groups is 2. The first-order valence-electron chi connectivity index (χ1n) is 9.05. The van der Waals surface area contributed by atoms with E-state index in [9.17, 15) is 9.59 Å². The molecule has 2 rings (SSSR count). The van der Waals surface area contributed by atoms with E-state index in [1.165, 1.54) is 0 Å². The Hall–Kier alpha value is -2.62. The predicted molar refractivity (Wildman–Crippen MR) is 101 cm³/mol. The molecule has 138 valence electrons. The Labute approximate surface area is 155 Å². The summed E-state index contributed by atoms with van der Waals surface area (Å²) >= 11 is 0. The van der Waals surface area contributed by atoms with Crippen molar-refractivity contribution < 1.29 is 19.1 Å². The average molecular weight is 354 g/mol. The van der Waals surface area contributed by atoms with Crippen LogP contribution in [-0.2, 0) is 9.47 Å². The molecule has 0 aliphatic carbocycles. The molecule has 2 aromatic carbocycles. The summed E-state index contributed by atoms with van der Waals surface area (Å²) in [5.41, 5.74) is 1.03. The van der Waals surface area contributed by atoms with Gasteiger partial charge in [0.25, 0.3) is 0 Å². The van der Waals surface area contributed by atoms with Gasteiger partial charge in [0.2, 0.25) is 0 Å². The van der Waals surface area contributed by atoms with Crippen LogP contribution < -0.4 is 0 Å². The van der Waals surface area contributed by atoms with Crippen LogP contribution >= 0.6 is 0 Å². The Morgan fingerprint density at radius 3 is 1.50 bits per heavy atom. The van der Waals surface area contributed by atoms with Crippen LogP contribution in [0.2, 0.25) is 0 Å². The predicted octanol–water partition coefficient (Wildman–Crippen LogP) is 4.89. The zero-order chi connectivity index (χ0) is 18.9. The third kappa shape index (κ3) is 5.45. The van der Waals surface area contributed by atoms with Crippen LogP contribution in [0.3, 0.4) is 0 Å². The first-order chi connectivity index (χ1) is 12.5. The minimum Gasteiger partial charge on any atom is -0.459 e. The van der Waals surface area contributed by atoms with Crippen molar-refractivity contribution in [2.75, 3.05) is 0 Å². The van der Waals surface area contributed by atoms with Crippen molar-refractivity contribution in [2.24, 2.45) is 5.92 Å². The van der Waals surface area contributed by atoms with E-state index in [0.29, 0.717) is 11.1 Å². The van der Waals surface area contributed by atoms with Gasteiger partial charge in [0.15, 0.2) is 0 Å². The molecule has 0 aliphatic heterocycles. The lowest BCUT2D eigenvalue weighted by Crippen LogP contribution is -2.34. The minimum atomic E-state index is -0.360. The van der Waals surface area contributed by atoms with Crippen molar-refractivity contribution in [1.82, 2.24) is 0 Å². The van der Waals surface area contributed by atoms with E-state index in [4.69, 9.17) is 9.47 Å². The molecule has 0 radical (unpaired) electrons. The monoisotopic (exact) mass is 354 g/mol. The van der Waals surface area contributed by atoms with Crippen molar-refractivity contribution >= 4 is 11.9 Å². The second kappa shape index (κ2) is 9.76. The van der Waals surface area contributed by atoms with Gasteiger partial charge in [0, 0.05) is 5.92 Å². The number of rotatable bonds is 8. The summed E-state index contributed by atoms with van der Waals surface area (Å²) in [5.74, 6) is -0.790. The van der Waals surface area contributed by atoms with E-state index in [0.717, 1.165) is 12.8 Å². The van der Waals surface area contributed by atoms with E-state index in [2.05, 4.69) is 6.92 Å². The third-order valence-corrected chi connectivity index (χ3v) is 4.43. The highest BCUT2D eigenvalue weighted by atomic mass is 16.6. The number of hydrogen-bond acceptors (Lipinski definition) is 4. The normalized spacial score (nSPS) is 14.1. The van der Waals surface area contributed by atoms with Gasteiger partial charge in [0.1, 0.15) is 12.2 Å². The molecule has 1 unspecified atom stereocenters. The Morgan fingerprint density at radius 1 is 0.769 bits per heavy atom. The summed E-state index contributed by atoms with van der Waals surface area (Å²) in [7, 11) is 0. The highest BCUT2D eigenvalue weighted by molar-refractivity contribution is 5.90. The van der Waals surface area contributed by atoms with Crippen LogP contribution in [0.25, 0.3) is 0 Å². The molecule has 0 fully saturated rings. The molecule has 0 aromatic heterocycles. The molecule has 26 heavy (non-hydrogen) atoms. The van der Waals surface area contributed by atoms with Gasteiger partial charge in [-0.05, 0) is 44.5 Å². The average Bonchev–Trinajstić information content (AvgIpc) is 2.67. The van der Waals surface area contributed by atoms with Crippen LogP contribution in [-0.4, -0.2) is 24.1 Å². The van der Waals surface area contributed by atoms with Gasteiger partial charge >= 0.3 is 11.9 Å². The van der Waals surface area contributed by atoms with Crippen molar-refractivity contribution in [1.29, 1.82) is 0 Å². The molecule has 0 N–H and O–H groups in total. The van der Waals surface area contributed by atoms with Gasteiger partial charge in [-0.2, -0.15) is 0 Å². The molecule has 0 spiro atoms. The fourth-order valence-corrected chi connectivity index (χ4v) is 2.98. The topological polar surface area (TPSA) is 52.6 Å². The fraction of sp³-hybridized carbons (Fsp3) is 0.364. The number of carbonyl (C=O) groups excluding carboxylic acids is 2. The summed E-state index contributed by atoms with van der Waals surface area (Å²) < 4.78 is 11.3. The van der Waals surface area contributed by atoms with Gasteiger partial charge in [-0.1, -0.05) is 49.7 Å². The largest absolute Gasteiger partial charge is 0.459 e. The van der Waals surface area contributed by atoms with Crippen molar-refractivity contribution in [3.05, 3.63) is 71.8 Å². The van der Waals surface area contributed by atoms with E-state index < -0.39 is 0 Å². The van der Waals surface area contributed by atoms with Gasteiger partial charge in [-0.15, -0.1) is 0 Å². The van der Waals surface area contributed by atoms with E-state index in [-0.39, 0.29) is 30.1 Å². The summed E-state index contributed by atoms with van der Waals surface area (Å²) in [4.78, 5) is 24.6. The standard InChI is InChI=1S/C22H26O4/c1-4-11-20(16(2)25-21(23)18-12-7-5-8-13-18)17(3)26-22(24)19-14-9-6-10-15-19/h5-10,12-17,20H,4,11H2,1-3H3/t16-,17+,20?. The lowest BCUT2D eigenvalue weighted by Gasteiger charge is -2.29. The molecule has 0 aliphatic rings. The van der Waals surface area contributed by atoms with E-state index >= 15 is 0 Å². The molecule has 0 amide bonds. The number of benzene rings is 2. The maximum Gasteiger partial charge on any atom is 0.338 e. The fourth-order valence-electron chi connectivity index (χ4n) is 2.98. The lowest BCUT2D eigenvalue weighted by molar-refractivity contribution is -0.0247. The van der Waals surface area contributed by atoms with Gasteiger partial charge < -0.3 is 9.47 Å². The number of esters is 2. The molecule has 2 aromatic rings. The Kier molecular flexibility index (Phi) is 7.39. The lowest BCUT2D eigenvalue weighted by atomic mass is 9.92. The summed E-state index contributed by atoms with van der Waals surface area (Å²) in [5, 5.41) is 0.